The lowest BCUT2D eigenvalue weighted by atomic mass is 9.86. The van der Waals surface area contributed by atoms with Crippen LogP contribution in [0.15, 0.2) is 0 Å². The van der Waals surface area contributed by atoms with Crippen molar-refractivity contribution < 1.29 is 14.7 Å². The quantitative estimate of drug-likeness (QED) is 0.675. The zero-order valence-electron chi connectivity index (χ0n) is 11.3. The number of amides is 2. The molecule has 0 saturated carbocycles. The lowest BCUT2D eigenvalue weighted by molar-refractivity contribution is -0.136. The minimum Gasteiger partial charge on any atom is -0.465 e. The molecule has 6 heteroatoms. The first-order valence-electron chi connectivity index (χ1n) is 6.25. The molecular formula is C12H23N3O3. The van der Waals surface area contributed by atoms with E-state index >= 15 is 0 Å². The number of carbonyl (C=O) groups excluding carboxylic acids is 1. The van der Waals surface area contributed by atoms with Crippen LogP contribution in [0.2, 0.25) is 0 Å². The summed E-state index contributed by atoms with van der Waals surface area (Å²) in [4.78, 5) is 24.4. The van der Waals surface area contributed by atoms with Crippen molar-refractivity contribution in [2.45, 2.75) is 45.7 Å². The molecule has 0 aromatic rings. The molecule has 1 rings (SSSR count). The third-order valence-electron chi connectivity index (χ3n) is 3.33. The summed E-state index contributed by atoms with van der Waals surface area (Å²) in [5, 5.41) is 11.1. The molecule has 1 fully saturated rings. The van der Waals surface area contributed by atoms with Crippen LogP contribution in [0.1, 0.15) is 33.6 Å². The van der Waals surface area contributed by atoms with Crippen molar-refractivity contribution in [2.24, 2.45) is 11.1 Å². The molecule has 4 N–H and O–H groups in total. The first-order valence-corrected chi connectivity index (χ1v) is 6.25. The van der Waals surface area contributed by atoms with Crippen molar-refractivity contribution in [1.82, 2.24) is 10.2 Å². The maximum atomic E-state index is 12.1. The van der Waals surface area contributed by atoms with Crippen LogP contribution in [-0.4, -0.2) is 47.2 Å². The highest BCUT2D eigenvalue weighted by atomic mass is 16.4. The molecule has 0 radical (unpaired) electrons. The van der Waals surface area contributed by atoms with Gasteiger partial charge in [-0.05, 0) is 18.3 Å². The molecule has 18 heavy (non-hydrogen) atoms. The van der Waals surface area contributed by atoms with Crippen LogP contribution < -0.4 is 11.1 Å². The van der Waals surface area contributed by atoms with Crippen LogP contribution in [0.5, 0.6) is 0 Å². The van der Waals surface area contributed by atoms with Crippen molar-refractivity contribution in [1.29, 1.82) is 0 Å². The predicted molar refractivity (Wildman–Crippen MR) is 68.2 cm³/mol. The van der Waals surface area contributed by atoms with Crippen molar-refractivity contribution in [2.75, 3.05) is 13.1 Å². The average molecular weight is 257 g/mol. The second-order valence-electron chi connectivity index (χ2n) is 5.89. The number of hydrogen-bond donors (Lipinski definition) is 3. The summed E-state index contributed by atoms with van der Waals surface area (Å²) >= 11 is 0. The smallest absolute Gasteiger partial charge is 0.404 e. The fraction of sp³-hybridized carbons (Fsp3) is 0.833. The van der Waals surface area contributed by atoms with Crippen LogP contribution in [-0.2, 0) is 4.79 Å². The van der Waals surface area contributed by atoms with Gasteiger partial charge >= 0.3 is 6.09 Å². The highest BCUT2D eigenvalue weighted by molar-refractivity contribution is 5.82. The number of nitrogens with two attached hydrogens (primary N) is 1. The first-order chi connectivity index (χ1) is 8.21. The largest absolute Gasteiger partial charge is 0.465 e. The van der Waals surface area contributed by atoms with Crippen molar-refractivity contribution in [3.8, 4) is 0 Å². The Labute approximate surface area is 108 Å². The second kappa shape index (κ2) is 5.56. The molecule has 1 aliphatic heterocycles. The molecule has 104 valence electrons. The van der Waals surface area contributed by atoms with Gasteiger partial charge < -0.3 is 21.1 Å². The number of piperidine rings is 1. The number of likely N-dealkylation sites (tertiary alicyclic amines) is 1. The number of nitrogens with zero attached hydrogens (tertiary/aromatic N) is 1. The van der Waals surface area contributed by atoms with Gasteiger partial charge in [-0.25, -0.2) is 4.79 Å². The number of rotatable bonds is 2. The number of nitrogens with one attached hydrogen (secondary N) is 1. The van der Waals surface area contributed by atoms with Gasteiger partial charge in [0.05, 0.1) is 6.04 Å². The third kappa shape index (κ3) is 3.87. The maximum absolute atomic E-state index is 12.1. The minimum atomic E-state index is -1.01. The summed E-state index contributed by atoms with van der Waals surface area (Å²) in [6, 6.07) is -0.570. The number of carboxylic acid groups (broad SMARTS) is 1. The third-order valence-corrected chi connectivity index (χ3v) is 3.33. The first kappa shape index (κ1) is 14.8. The molecular weight excluding hydrogens is 234 g/mol. The molecule has 1 saturated heterocycles. The van der Waals surface area contributed by atoms with Gasteiger partial charge in [0.15, 0.2) is 0 Å². The van der Waals surface area contributed by atoms with E-state index in [1.807, 2.05) is 20.8 Å². The van der Waals surface area contributed by atoms with Gasteiger partial charge in [0.1, 0.15) is 0 Å². The van der Waals surface area contributed by atoms with Gasteiger partial charge in [-0.2, -0.15) is 0 Å². The van der Waals surface area contributed by atoms with E-state index in [2.05, 4.69) is 5.32 Å². The number of hydrogen-bond acceptors (Lipinski definition) is 3. The minimum absolute atomic E-state index is 0.0451. The Morgan fingerprint density at radius 1 is 1.33 bits per heavy atom. The fourth-order valence-corrected chi connectivity index (χ4v) is 1.99. The second-order valence-corrected chi connectivity index (χ2v) is 5.89. The van der Waals surface area contributed by atoms with Crippen LogP contribution in [0.3, 0.4) is 0 Å². The van der Waals surface area contributed by atoms with Crippen LogP contribution in [0.4, 0.5) is 4.79 Å². The molecule has 1 aliphatic rings. The molecule has 0 spiro atoms. The van der Waals surface area contributed by atoms with E-state index in [1.54, 1.807) is 4.90 Å². The van der Waals surface area contributed by atoms with Crippen molar-refractivity contribution in [3.63, 3.8) is 0 Å². The SMILES string of the molecule is CC(C)(C)[C@H](N)C(=O)N1CCC(NC(=O)O)CC1. The Bertz CT molecular complexity index is 317. The topological polar surface area (TPSA) is 95.7 Å². The molecule has 0 aromatic carbocycles. The van der Waals surface area contributed by atoms with Crippen molar-refractivity contribution in [3.05, 3.63) is 0 Å². The van der Waals surface area contributed by atoms with Gasteiger partial charge in [0, 0.05) is 19.1 Å². The van der Waals surface area contributed by atoms with Crippen LogP contribution in [0, 0.1) is 5.41 Å². The van der Waals surface area contributed by atoms with E-state index in [4.69, 9.17) is 10.8 Å². The number of carbonyl (C=O) groups is 2. The molecule has 0 aliphatic carbocycles. The molecule has 0 unspecified atom stereocenters. The van der Waals surface area contributed by atoms with Gasteiger partial charge in [-0.15, -0.1) is 0 Å². The van der Waals surface area contributed by atoms with E-state index < -0.39 is 12.1 Å². The standard InChI is InChI=1S/C12H23N3O3/c1-12(2,3)9(13)10(16)15-6-4-8(5-7-15)14-11(17)18/h8-9,14H,4-7,13H2,1-3H3,(H,17,18)/t9-/m1/s1. The molecule has 0 bridgehead atoms. The predicted octanol–water partition coefficient (Wildman–Crippen LogP) is 0.618. The van der Waals surface area contributed by atoms with Crippen LogP contribution in [0.25, 0.3) is 0 Å². The summed E-state index contributed by atoms with van der Waals surface area (Å²) in [7, 11) is 0. The summed E-state index contributed by atoms with van der Waals surface area (Å²) in [5.74, 6) is -0.0451. The van der Waals surface area contributed by atoms with Crippen molar-refractivity contribution >= 4 is 12.0 Å². The Morgan fingerprint density at radius 3 is 2.22 bits per heavy atom. The van der Waals surface area contributed by atoms with Gasteiger partial charge in [0.25, 0.3) is 0 Å². The summed E-state index contributed by atoms with van der Waals surface area (Å²) in [6.07, 6.45) is 0.287. The van der Waals surface area contributed by atoms with E-state index in [0.717, 1.165) is 0 Å². The molecule has 1 atom stereocenters. The van der Waals surface area contributed by atoms with E-state index in [9.17, 15) is 9.59 Å². The van der Waals surface area contributed by atoms with Gasteiger partial charge in [-0.3, -0.25) is 4.79 Å². The molecule has 2 amide bonds. The lowest BCUT2D eigenvalue weighted by Gasteiger charge is -2.36. The summed E-state index contributed by atoms with van der Waals surface area (Å²) in [6.45, 7) is 6.94. The van der Waals surface area contributed by atoms with E-state index in [-0.39, 0.29) is 17.4 Å². The Hall–Kier alpha value is -1.30. The highest BCUT2D eigenvalue weighted by Gasteiger charge is 2.33. The van der Waals surface area contributed by atoms with E-state index in [1.165, 1.54) is 0 Å². The highest BCUT2D eigenvalue weighted by Crippen LogP contribution is 2.21. The summed E-state index contributed by atoms with van der Waals surface area (Å²) in [5.41, 5.74) is 5.68. The van der Waals surface area contributed by atoms with Gasteiger partial charge in [0.2, 0.25) is 5.91 Å². The summed E-state index contributed by atoms with van der Waals surface area (Å²) < 4.78 is 0. The maximum Gasteiger partial charge on any atom is 0.404 e. The fourth-order valence-electron chi connectivity index (χ4n) is 1.99. The Kier molecular flexibility index (Phi) is 4.56. The monoisotopic (exact) mass is 257 g/mol. The zero-order chi connectivity index (χ0) is 13.9. The molecule has 0 aromatic heterocycles. The zero-order valence-corrected chi connectivity index (χ0v) is 11.3. The lowest BCUT2D eigenvalue weighted by Crippen LogP contribution is -2.54. The molecule has 1 heterocycles. The van der Waals surface area contributed by atoms with E-state index in [0.29, 0.717) is 25.9 Å². The average Bonchev–Trinajstić information content (AvgIpc) is 2.26. The Balaban J connectivity index is 2.48. The Morgan fingerprint density at radius 2 is 1.83 bits per heavy atom. The molecule has 6 nitrogen and oxygen atoms in total. The van der Waals surface area contributed by atoms with Gasteiger partial charge in [-0.1, -0.05) is 20.8 Å². The van der Waals surface area contributed by atoms with Crippen LogP contribution >= 0.6 is 0 Å². The normalized spacial score (nSPS) is 19.4.